The molecule has 0 spiro atoms. The number of piperidine rings is 1. The van der Waals surface area contributed by atoms with Crippen LogP contribution in [0.3, 0.4) is 0 Å². The Bertz CT molecular complexity index is 854. The van der Waals surface area contributed by atoms with Crippen LogP contribution in [0.25, 0.3) is 11.0 Å². The number of rotatable bonds is 6. The van der Waals surface area contributed by atoms with Crippen molar-refractivity contribution in [2.75, 3.05) is 32.1 Å². The van der Waals surface area contributed by atoms with Gasteiger partial charge in [0, 0.05) is 42.3 Å². The van der Waals surface area contributed by atoms with Gasteiger partial charge in [-0.15, -0.1) is 0 Å². The third-order valence-electron chi connectivity index (χ3n) is 5.05. The Balaban J connectivity index is 1.34. The van der Waals surface area contributed by atoms with Crippen LogP contribution in [0.5, 0.6) is 5.88 Å². The SMILES string of the molecule is CN1CCC(COc2cc(CNc3ccnc4[nH]ccc34)ccn2)CC1. The van der Waals surface area contributed by atoms with Crippen LogP contribution < -0.4 is 10.1 Å². The number of pyridine rings is 2. The second-order valence-electron chi connectivity index (χ2n) is 7.01. The Hall–Kier alpha value is -2.60. The average Bonchev–Trinajstić information content (AvgIpc) is 3.16. The quantitative estimate of drug-likeness (QED) is 0.713. The van der Waals surface area contributed by atoms with Gasteiger partial charge in [-0.25, -0.2) is 9.97 Å². The van der Waals surface area contributed by atoms with Crippen LogP contribution >= 0.6 is 0 Å². The van der Waals surface area contributed by atoms with Crippen LogP contribution in [0.1, 0.15) is 18.4 Å². The first kappa shape index (κ1) is 16.8. The lowest BCUT2D eigenvalue weighted by molar-refractivity contribution is 0.157. The molecule has 0 aromatic carbocycles. The molecule has 6 heteroatoms. The summed E-state index contributed by atoms with van der Waals surface area (Å²) in [5.41, 5.74) is 3.12. The predicted octanol–water partition coefficient (Wildman–Crippen LogP) is 3.29. The van der Waals surface area contributed by atoms with Gasteiger partial charge in [-0.05, 0) is 62.7 Å². The third kappa shape index (κ3) is 3.96. The zero-order chi connectivity index (χ0) is 17.8. The summed E-state index contributed by atoms with van der Waals surface area (Å²) < 4.78 is 5.96. The molecule has 0 radical (unpaired) electrons. The molecule has 4 heterocycles. The summed E-state index contributed by atoms with van der Waals surface area (Å²) in [4.78, 5) is 14.2. The Morgan fingerprint density at radius 1 is 1.19 bits per heavy atom. The molecule has 1 aliphatic heterocycles. The van der Waals surface area contributed by atoms with Crippen molar-refractivity contribution in [3.8, 4) is 5.88 Å². The number of nitrogens with one attached hydrogen (secondary N) is 2. The molecule has 1 aliphatic rings. The predicted molar refractivity (Wildman–Crippen MR) is 103 cm³/mol. The molecule has 0 atom stereocenters. The number of nitrogens with zero attached hydrogens (tertiary/aromatic N) is 3. The van der Waals surface area contributed by atoms with Crippen LogP contribution in [-0.4, -0.2) is 46.6 Å². The molecule has 26 heavy (non-hydrogen) atoms. The van der Waals surface area contributed by atoms with E-state index in [0.717, 1.165) is 48.5 Å². The van der Waals surface area contributed by atoms with Gasteiger partial charge in [-0.1, -0.05) is 0 Å². The van der Waals surface area contributed by atoms with Crippen molar-refractivity contribution in [3.05, 3.63) is 48.4 Å². The monoisotopic (exact) mass is 351 g/mol. The minimum Gasteiger partial charge on any atom is -0.477 e. The van der Waals surface area contributed by atoms with Gasteiger partial charge in [0.2, 0.25) is 5.88 Å². The minimum absolute atomic E-state index is 0.633. The summed E-state index contributed by atoms with van der Waals surface area (Å²) in [5.74, 6) is 1.35. The van der Waals surface area contributed by atoms with E-state index in [-0.39, 0.29) is 0 Å². The molecule has 136 valence electrons. The van der Waals surface area contributed by atoms with Crippen LogP contribution in [-0.2, 0) is 6.54 Å². The third-order valence-corrected chi connectivity index (χ3v) is 5.05. The second kappa shape index (κ2) is 7.74. The zero-order valence-corrected chi connectivity index (χ0v) is 15.1. The second-order valence-corrected chi connectivity index (χ2v) is 7.01. The van der Waals surface area contributed by atoms with Crippen molar-refractivity contribution in [3.63, 3.8) is 0 Å². The number of aromatic nitrogens is 3. The van der Waals surface area contributed by atoms with Gasteiger partial charge in [-0.3, -0.25) is 0 Å². The highest BCUT2D eigenvalue weighted by molar-refractivity contribution is 5.89. The highest BCUT2D eigenvalue weighted by Crippen LogP contribution is 2.22. The standard InChI is InChI=1S/C20H25N5O/c1-25-10-5-15(6-11-25)14-26-19-12-16(2-7-21-19)13-24-18-4-9-23-20-17(18)3-8-22-20/h2-4,7-9,12,15H,5-6,10-11,13-14H2,1H3,(H2,22,23,24). The van der Waals surface area contributed by atoms with Gasteiger partial charge >= 0.3 is 0 Å². The fourth-order valence-electron chi connectivity index (χ4n) is 3.38. The molecular formula is C20H25N5O. The highest BCUT2D eigenvalue weighted by atomic mass is 16.5. The number of hydrogen-bond acceptors (Lipinski definition) is 5. The van der Waals surface area contributed by atoms with E-state index >= 15 is 0 Å². The molecule has 0 unspecified atom stereocenters. The zero-order valence-electron chi connectivity index (χ0n) is 15.1. The van der Waals surface area contributed by atoms with E-state index in [0.29, 0.717) is 11.8 Å². The van der Waals surface area contributed by atoms with Gasteiger partial charge in [0.15, 0.2) is 0 Å². The van der Waals surface area contributed by atoms with Crippen LogP contribution in [0.2, 0.25) is 0 Å². The summed E-state index contributed by atoms with van der Waals surface area (Å²) in [6.07, 6.45) is 7.94. The van der Waals surface area contributed by atoms with E-state index in [4.69, 9.17) is 4.74 Å². The van der Waals surface area contributed by atoms with Gasteiger partial charge < -0.3 is 19.9 Å². The summed E-state index contributed by atoms with van der Waals surface area (Å²) in [5, 5.41) is 4.58. The molecule has 0 bridgehead atoms. The van der Waals surface area contributed by atoms with Crippen LogP contribution in [0.4, 0.5) is 5.69 Å². The van der Waals surface area contributed by atoms with Crippen molar-refractivity contribution in [2.24, 2.45) is 5.92 Å². The van der Waals surface area contributed by atoms with Crippen molar-refractivity contribution in [1.82, 2.24) is 19.9 Å². The Kier molecular flexibility index (Phi) is 5.02. The lowest BCUT2D eigenvalue weighted by Crippen LogP contribution is -2.32. The molecule has 6 nitrogen and oxygen atoms in total. The first-order valence-corrected chi connectivity index (χ1v) is 9.20. The molecular weight excluding hydrogens is 326 g/mol. The lowest BCUT2D eigenvalue weighted by Gasteiger charge is -2.28. The first-order chi connectivity index (χ1) is 12.8. The number of fused-ring (bicyclic) bond motifs is 1. The van der Waals surface area contributed by atoms with Crippen molar-refractivity contribution < 1.29 is 4.74 Å². The van der Waals surface area contributed by atoms with Crippen molar-refractivity contribution >= 4 is 16.7 Å². The molecule has 2 N–H and O–H groups in total. The van der Waals surface area contributed by atoms with E-state index in [1.807, 2.05) is 42.9 Å². The molecule has 1 saturated heterocycles. The number of hydrogen-bond donors (Lipinski definition) is 2. The fourth-order valence-corrected chi connectivity index (χ4v) is 3.38. The number of ether oxygens (including phenoxy) is 1. The van der Waals surface area contributed by atoms with E-state index in [1.54, 1.807) is 0 Å². The van der Waals surface area contributed by atoms with Gasteiger partial charge in [0.25, 0.3) is 0 Å². The molecule has 0 aliphatic carbocycles. The molecule has 3 aromatic heterocycles. The summed E-state index contributed by atoms with van der Waals surface area (Å²) >= 11 is 0. The minimum atomic E-state index is 0.633. The van der Waals surface area contributed by atoms with Gasteiger partial charge in [-0.2, -0.15) is 0 Å². The fraction of sp³-hybridized carbons (Fsp3) is 0.400. The molecule has 0 amide bonds. The molecule has 3 aromatic rings. The van der Waals surface area contributed by atoms with E-state index < -0.39 is 0 Å². The van der Waals surface area contributed by atoms with E-state index in [1.165, 1.54) is 12.8 Å². The highest BCUT2D eigenvalue weighted by Gasteiger charge is 2.17. The Labute approximate surface area is 153 Å². The Morgan fingerprint density at radius 3 is 2.92 bits per heavy atom. The molecule has 4 rings (SSSR count). The van der Waals surface area contributed by atoms with Gasteiger partial charge in [0.05, 0.1) is 6.61 Å². The topological polar surface area (TPSA) is 66.1 Å². The molecule has 1 fully saturated rings. The number of likely N-dealkylation sites (tertiary alicyclic amines) is 1. The number of H-pyrrole nitrogens is 1. The lowest BCUT2D eigenvalue weighted by atomic mass is 9.98. The number of aromatic amines is 1. The smallest absolute Gasteiger partial charge is 0.213 e. The van der Waals surface area contributed by atoms with Crippen LogP contribution in [0.15, 0.2) is 42.9 Å². The largest absolute Gasteiger partial charge is 0.477 e. The average molecular weight is 351 g/mol. The maximum Gasteiger partial charge on any atom is 0.213 e. The van der Waals surface area contributed by atoms with E-state index in [9.17, 15) is 0 Å². The summed E-state index contributed by atoms with van der Waals surface area (Å²) in [6.45, 7) is 3.79. The maximum atomic E-state index is 5.96. The maximum absolute atomic E-state index is 5.96. The van der Waals surface area contributed by atoms with Crippen LogP contribution in [0, 0.1) is 5.92 Å². The summed E-state index contributed by atoms with van der Waals surface area (Å²) in [6, 6.07) is 8.07. The summed E-state index contributed by atoms with van der Waals surface area (Å²) in [7, 11) is 2.18. The molecule has 0 saturated carbocycles. The van der Waals surface area contributed by atoms with Crippen molar-refractivity contribution in [1.29, 1.82) is 0 Å². The van der Waals surface area contributed by atoms with E-state index in [2.05, 4.69) is 32.2 Å². The van der Waals surface area contributed by atoms with Gasteiger partial charge in [0.1, 0.15) is 5.65 Å². The first-order valence-electron chi connectivity index (χ1n) is 9.20. The normalized spacial score (nSPS) is 16.0. The number of anilines is 1. The van der Waals surface area contributed by atoms with Crippen molar-refractivity contribution in [2.45, 2.75) is 19.4 Å². The Morgan fingerprint density at radius 2 is 2.04 bits per heavy atom.